The molecule has 136 valence electrons. The van der Waals surface area contributed by atoms with Gasteiger partial charge in [0.25, 0.3) is 0 Å². The molecule has 1 amide bonds. The highest BCUT2D eigenvalue weighted by Gasteiger charge is 2.18. The summed E-state index contributed by atoms with van der Waals surface area (Å²) in [5.74, 6) is 2.56. The normalized spacial score (nSPS) is 17.6. The minimum atomic E-state index is 0. The van der Waals surface area contributed by atoms with E-state index in [4.69, 9.17) is 4.42 Å². The summed E-state index contributed by atoms with van der Waals surface area (Å²) in [5, 5.41) is 16.3. The predicted octanol–water partition coefficient (Wildman–Crippen LogP) is 1.02. The van der Waals surface area contributed by atoms with Gasteiger partial charge in [-0.15, -0.1) is 29.1 Å². The van der Waals surface area contributed by atoms with Crippen LogP contribution in [0, 0.1) is 0 Å². The molecule has 0 spiro atoms. The van der Waals surface area contributed by atoms with Crippen LogP contribution in [0.2, 0.25) is 0 Å². The van der Waals surface area contributed by atoms with Crippen molar-refractivity contribution in [1.82, 2.24) is 31.1 Å². The highest BCUT2D eigenvalue weighted by molar-refractivity contribution is 14.0. The number of H-pyrrole nitrogens is 1. The second kappa shape index (κ2) is 9.39. The first kappa shape index (κ1) is 19.2. The van der Waals surface area contributed by atoms with Gasteiger partial charge in [0.2, 0.25) is 11.7 Å². The molecule has 1 unspecified atom stereocenters. The lowest BCUT2D eigenvalue weighted by Gasteiger charge is -2.25. The van der Waals surface area contributed by atoms with Crippen LogP contribution >= 0.6 is 24.0 Å². The summed E-state index contributed by atoms with van der Waals surface area (Å²) in [4.78, 5) is 20.1. The van der Waals surface area contributed by atoms with Gasteiger partial charge in [-0.05, 0) is 25.5 Å². The predicted molar refractivity (Wildman–Crippen MR) is 103 cm³/mol. The molecule has 9 nitrogen and oxygen atoms in total. The van der Waals surface area contributed by atoms with Crippen LogP contribution < -0.4 is 16.0 Å². The van der Waals surface area contributed by atoms with Crippen LogP contribution in [0.1, 0.15) is 25.6 Å². The summed E-state index contributed by atoms with van der Waals surface area (Å²) in [6.07, 6.45) is 2.91. The first-order valence-corrected chi connectivity index (χ1v) is 8.01. The summed E-state index contributed by atoms with van der Waals surface area (Å²) in [6, 6.07) is 3.77. The Bertz CT molecular complexity index is 689. The van der Waals surface area contributed by atoms with Gasteiger partial charge in [0.1, 0.15) is 12.4 Å². The van der Waals surface area contributed by atoms with E-state index in [1.54, 1.807) is 18.4 Å². The Labute approximate surface area is 162 Å². The fourth-order valence-corrected chi connectivity index (χ4v) is 2.41. The van der Waals surface area contributed by atoms with E-state index < -0.39 is 0 Å². The quantitative estimate of drug-likeness (QED) is 0.301. The van der Waals surface area contributed by atoms with Crippen LogP contribution in [0.25, 0.3) is 11.6 Å². The highest BCUT2D eigenvalue weighted by Crippen LogP contribution is 2.14. The number of amides is 1. The SMILES string of the molecule is CCNC(=NCc1nc(-c2ccco2)n[nH]1)NC1CCC(=O)NC1.I. The second-order valence-corrected chi connectivity index (χ2v) is 5.46. The second-order valence-electron chi connectivity index (χ2n) is 5.46. The van der Waals surface area contributed by atoms with Gasteiger partial charge in [-0.2, -0.15) is 0 Å². The lowest BCUT2D eigenvalue weighted by molar-refractivity contribution is -0.122. The molecule has 0 saturated carbocycles. The van der Waals surface area contributed by atoms with Crippen LogP contribution in [0.5, 0.6) is 0 Å². The van der Waals surface area contributed by atoms with Crippen molar-refractivity contribution in [3.8, 4) is 11.6 Å². The van der Waals surface area contributed by atoms with Gasteiger partial charge < -0.3 is 20.4 Å². The molecule has 10 heteroatoms. The van der Waals surface area contributed by atoms with Crippen molar-refractivity contribution < 1.29 is 9.21 Å². The number of carbonyl (C=O) groups excluding carboxylic acids is 1. The molecule has 2 aromatic rings. The third-order valence-electron chi connectivity index (χ3n) is 3.61. The molecule has 0 aromatic carbocycles. The molecular weight excluding hydrogens is 437 g/mol. The van der Waals surface area contributed by atoms with Gasteiger partial charge in [-0.25, -0.2) is 9.98 Å². The monoisotopic (exact) mass is 459 g/mol. The summed E-state index contributed by atoms with van der Waals surface area (Å²) < 4.78 is 5.27. The number of hydrogen-bond donors (Lipinski definition) is 4. The number of nitrogens with one attached hydrogen (secondary N) is 4. The maximum atomic E-state index is 11.2. The Kier molecular flexibility index (Phi) is 7.22. The Morgan fingerprint density at radius 3 is 3.08 bits per heavy atom. The number of guanidine groups is 1. The van der Waals surface area contributed by atoms with Crippen LogP contribution in [0.4, 0.5) is 0 Å². The van der Waals surface area contributed by atoms with Crippen molar-refractivity contribution in [2.75, 3.05) is 13.1 Å². The summed E-state index contributed by atoms with van der Waals surface area (Å²) in [7, 11) is 0. The average Bonchev–Trinajstić information content (AvgIpc) is 3.26. The molecule has 1 saturated heterocycles. The fraction of sp³-hybridized carbons (Fsp3) is 0.467. The van der Waals surface area contributed by atoms with Gasteiger partial charge >= 0.3 is 0 Å². The molecule has 1 atom stereocenters. The fourth-order valence-electron chi connectivity index (χ4n) is 2.41. The molecular formula is C15H22IN7O2. The number of aromatic nitrogens is 3. The van der Waals surface area contributed by atoms with E-state index >= 15 is 0 Å². The molecule has 25 heavy (non-hydrogen) atoms. The van der Waals surface area contributed by atoms with Crippen molar-refractivity contribution in [3.05, 3.63) is 24.2 Å². The van der Waals surface area contributed by atoms with E-state index in [1.807, 2.05) is 6.92 Å². The van der Waals surface area contributed by atoms with E-state index in [2.05, 4.69) is 36.1 Å². The Balaban J connectivity index is 0.00000225. The molecule has 0 radical (unpaired) electrons. The van der Waals surface area contributed by atoms with Crippen molar-refractivity contribution in [2.24, 2.45) is 4.99 Å². The molecule has 4 N–H and O–H groups in total. The lowest BCUT2D eigenvalue weighted by Crippen LogP contribution is -2.51. The summed E-state index contributed by atoms with van der Waals surface area (Å²) >= 11 is 0. The third kappa shape index (κ3) is 5.44. The smallest absolute Gasteiger partial charge is 0.220 e. The Hall–Kier alpha value is -2.11. The number of rotatable bonds is 5. The summed E-state index contributed by atoms with van der Waals surface area (Å²) in [6.45, 7) is 3.72. The Morgan fingerprint density at radius 1 is 1.52 bits per heavy atom. The maximum Gasteiger partial charge on any atom is 0.220 e. The van der Waals surface area contributed by atoms with Gasteiger partial charge in [-0.3, -0.25) is 9.89 Å². The van der Waals surface area contributed by atoms with Crippen LogP contribution in [-0.2, 0) is 11.3 Å². The molecule has 0 bridgehead atoms. The minimum Gasteiger partial charge on any atom is -0.461 e. The standard InChI is InChI=1S/C15H21N7O2.HI/c1-2-16-15(19-10-5-6-13(23)17-8-10)18-9-12-20-14(22-21-12)11-4-3-7-24-11;/h3-4,7,10H,2,5-6,8-9H2,1H3,(H,17,23)(H2,16,18,19)(H,20,21,22);1H. The van der Waals surface area contributed by atoms with Crippen molar-refractivity contribution >= 4 is 35.8 Å². The van der Waals surface area contributed by atoms with Crippen LogP contribution in [0.3, 0.4) is 0 Å². The van der Waals surface area contributed by atoms with Gasteiger partial charge in [0.15, 0.2) is 11.7 Å². The molecule has 0 aliphatic carbocycles. The number of aromatic amines is 1. The van der Waals surface area contributed by atoms with Crippen LogP contribution in [0.15, 0.2) is 27.8 Å². The number of carbonyl (C=O) groups is 1. The first-order valence-electron chi connectivity index (χ1n) is 8.01. The zero-order valence-electron chi connectivity index (χ0n) is 13.9. The minimum absolute atomic E-state index is 0. The number of furan rings is 1. The van der Waals surface area contributed by atoms with Gasteiger partial charge in [0, 0.05) is 25.6 Å². The van der Waals surface area contributed by atoms with Gasteiger partial charge in [0.05, 0.1) is 6.26 Å². The molecule has 1 aliphatic rings. The highest BCUT2D eigenvalue weighted by atomic mass is 127. The number of piperidine rings is 1. The topological polar surface area (TPSA) is 120 Å². The van der Waals surface area contributed by atoms with Crippen molar-refractivity contribution in [1.29, 1.82) is 0 Å². The number of hydrogen-bond acceptors (Lipinski definition) is 5. The first-order chi connectivity index (χ1) is 11.7. The molecule has 1 aliphatic heterocycles. The summed E-state index contributed by atoms with van der Waals surface area (Å²) in [5.41, 5.74) is 0. The molecule has 2 aromatic heterocycles. The van der Waals surface area contributed by atoms with Crippen molar-refractivity contribution in [3.63, 3.8) is 0 Å². The molecule has 3 heterocycles. The maximum absolute atomic E-state index is 11.2. The zero-order chi connectivity index (χ0) is 16.8. The zero-order valence-corrected chi connectivity index (χ0v) is 16.2. The largest absolute Gasteiger partial charge is 0.461 e. The van der Waals surface area contributed by atoms with Crippen LogP contribution in [-0.4, -0.2) is 46.2 Å². The van der Waals surface area contributed by atoms with Crippen molar-refractivity contribution in [2.45, 2.75) is 32.4 Å². The number of aliphatic imine (C=N–C) groups is 1. The van der Waals surface area contributed by atoms with E-state index in [0.717, 1.165) is 13.0 Å². The molecule has 1 fully saturated rings. The lowest BCUT2D eigenvalue weighted by atomic mass is 10.1. The molecule has 3 rings (SSSR count). The van der Waals surface area contributed by atoms with E-state index in [-0.39, 0.29) is 35.9 Å². The van der Waals surface area contributed by atoms with E-state index in [0.29, 0.717) is 42.9 Å². The average molecular weight is 459 g/mol. The third-order valence-corrected chi connectivity index (χ3v) is 3.61. The Morgan fingerprint density at radius 2 is 2.40 bits per heavy atom. The van der Waals surface area contributed by atoms with E-state index in [9.17, 15) is 4.79 Å². The van der Waals surface area contributed by atoms with Gasteiger partial charge in [-0.1, -0.05) is 0 Å². The van der Waals surface area contributed by atoms with E-state index in [1.165, 1.54) is 0 Å². The number of nitrogens with zero attached hydrogens (tertiary/aromatic N) is 3. The number of halogens is 1.